The molecule has 0 fully saturated rings. The highest BCUT2D eigenvalue weighted by molar-refractivity contribution is 5.64. The van der Waals surface area contributed by atoms with E-state index in [4.69, 9.17) is 0 Å². The van der Waals surface area contributed by atoms with Crippen LogP contribution in [0.3, 0.4) is 0 Å². The summed E-state index contributed by atoms with van der Waals surface area (Å²) in [5.41, 5.74) is 3.67. The van der Waals surface area contributed by atoms with Gasteiger partial charge in [-0.3, -0.25) is 0 Å². The van der Waals surface area contributed by atoms with Gasteiger partial charge < -0.3 is 11.3 Å². The van der Waals surface area contributed by atoms with Crippen LogP contribution in [0.1, 0.15) is 12.5 Å². The minimum atomic E-state index is 0. The van der Waals surface area contributed by atoms with Crippen molar-refractivity contribution in [3.63, 3.8) is 0 Å². The number of hydrogen-bond acceptors (Lipinski definition) is 2. The van der Waals surface area contributed by atoms with E-state index in [-0.39, 0.29) is 6.15 Å². The van der Waals surface area contributed by atoms with Crippen molar-refractivity contribution in [1.82, 2.24) is 6.15 Å². The number of phenols is 1. The van der Waals surface area contributed by atoms with Crippen molar-refractivity contribution in [2.75, 3.05) is 0 Å². The maximum Gasteiger partial charge on any atom is 0.115 e. The fraction of sp³-hybridized carbons (Fsp3) is 0.143. The van der Waals surface area contributed by atoms with Gasteiger partial charge in [0.1, 0.15) is 5.75 Å². The average Bonchev–Trinajstić information content (AvgIpc) is 2.30. The third-order valence-electron chi connectivity index (χ3n) is 2.56. The van der Waals surface area contributed by atoms with Crippen LogP contribution in [0.4, 0.5) is 0 Å². The minimum absolute atomic E-state index is 0. The quantitative estimate of drug-likeness (QED) is 0.800. The standard InChI is InChI=1S/C14H14O.H3N/c1-2-11-3-5-12(6-4-11)13-7-9-14(15)10-8-13;/h3-10,15H,2H2,1H3;1H3. The lowest BCUT2D eigenvalue weighted by molar-refractivity contribution is 0.475. The zero-order valence-electron chi connectivity index (χ0n) is 9.48. The normalized spacial score (nSPS) is 9.56. The molecule has 2 rings (SSSR count). The molecule has 0 unspecified atom stereocenters. The molecule has 0 bridgehead atoms. The Kier molecular flexibility index (Phi) is 4.09. The van der Waals surface area contributed by atoms with Crippen molar-refractivity contribution < 1.29 is 5.11 Å². The van der Waals surface area contributed by atoms with Gasteiger partial charge in [-0.1, -0.05) is 43.3 Å². The van der Waals surface area contributed by atoms with E-state index in [2.05, 4.69) is 31.2 Å². The molecule has 0 amide bonds. The van der Waals surface area contributed by atoms with Crippen LogP contribution in [-0.2, 0) is 6.42 Å². The van der Waals surface area contributed by atoms with Crippen molar-refractivity contribution in [3.8, 4) is 16.9 Å². The number of aryl methyl sites for hydroxylation is 1. The lowest BCUT2D eigenvalue weighted by Gasteiger charge is -2.03. The van der Waals surface area contributed by atoms with Crippen molar-refractivity contribution in [3.05, 3.63) is 54.1 Å². The first-order valence-corrected chi connectivity index (χ1v) is 5.18. The predicted octanol–water partition coefficient (Wildman–Crippen LogP) is 3.78. The highest BCUT2D eigenvalue weighted by Crippen LogP contribution is 2.22. The van der Waals surface area contributed by atoms with E-state index >= 15 is 0 Å². The van der Waals surface area contributed by atoms with Crippen LogP contribution in [-0.4, -0.2) is 5.11 Å². The fourth-order valence-electron chi connectivity index (χ4n) is 1.59. The number of benzene rings is 2. The summed E-state index contributed by atoms with van der Waals surface area (Å²) in [7, 11) is 0. The first-order chi connectivity index (χ1) is 7.29. The minimum Gasteiger partial charge on any atom is -0.508 e. The molecule has 0 aliphatic heterocycles. The zero-order valence-corrected chi connectivity index (χ0v) is 9.48. The van der Waals surface area contributed by atoms with E-state index in [1.165, 1.54) is 11.1 Å². The molecule has 2 aromatic rings. The Labute approximate surface area is 96.1 Å². The van der Waals surface area contributed by atoms with Crippen LogP contribution >= 0.6 is 0 Å². The van der Waals surface area contributed by atoms with Gasteiger partial charge in [0.2, 0.25) is 0 Å². The first-order valence-electron chi connectivity index (χ1n) is 5.18. The van der Waals surface area contributed by atoms with Crippen molar-refractivity contribution in [2.24, 2.45) is 0 Å². The lowest BCUT2D eigenvalue weighted by atomic mass is 10.0. The molecular formula is C14H17NO. The number of rotatable bonds is 2. The molecule has 84 valence electrons. The summed E-state index contributed by atoms with van der Waals surface area (Å²) in [6.45, 7) is 2.15. The van der Waals surface area contributed by atoms with Gasteiger partial charge in [0.05, 0.1) is 0 Å². The highest BCUT2D eigenvalue weighted by Gasteiger charge is 1.97. The van der Waals surface area contributed by atoms with E-state index in [0.29, 0.717) is 5.75 Å². The van der Waals surface area contributed by atoms with Gasteiger partial charge in [0, 0.05) is 0 Å². The second kappa shape index (κ2) is 5.33. The van der Waals surface area contributed by atoms with E-state index in [0.717, 1.165) is 12.0 Å². The Morgan fingerprint density at radius 1 is 0.812 bits per heavy atom. The fourth-order valence-corrected chi connectivity index (χ4v) is 1.59. The van der Waals surface area contributed by atoms with Crippen molar-refractivity contribution in [2.45, 2.75) is 13.3 Å². The van der Waals surface area contributed by atoms with Crippen LogP contribution in [0.5, 0.6) is 5.75 Å². The summed E-state index contributed by atoms with van der Waals surface area (Å²) in [6.07, 6.45) is 1.07. The topological polar surface area (TPSA) is 55.2 Å². The molecule has 2 nitrogen and oxygen atoms in total. The van der Waals surface area contributed by atoms with Crippen LogP contribution in [0.15, 0.2) is 48.5 Å². The Balaban J connectivity index is 0.00000128. The molecule has 0 aliphatic rings. The second-order valence-corrected chi connectivity index (χ2v) is 3.60. The van der Waals surface area contributed by atoms with Gasteiger partial charge in [-0.05, 0) is 35.2 Å². The third kappa shape index (κ3) is 2.61. The molecule has 0 heterocycles. The largest absolute Gasteiger partial charge is 0.508 e. The molecule has 0 atom stereocenters. The Hall–Kier alpha value is -1.80. The Morgan fingerprint density at radius 3 is 1.69 bits per heavy atom. The predicted molar refractivity (Wildman–Crippen MR) is 67.9 cm³/mol. The monoisotopic (exact) mass is 215 g/mol. The van der Waals surface area contributed by atoms with Gasteiger partial charge in [0.25, 0.3) is 0 Å². The lowest BCUT2D eigenvalue weighted by Crippen LogP contribution is -1.81. The van der Waals surface area contributed by atoms with Crippen LogP contribution < -0.4 is 6.15 Å². The molecule has 16 heavy (non-hydrogen) atoms. The van der Waals surface area contributed by atoms with Gasteiger partial charge in [0.15, 0.2) is 0 Å². The maximum absolute atomic E-state index is 9.19. The average molecular weight is 215 g/mol. The van der Waals surface area contributed by atoms with Gasteiger partial charge in [-0.15, -0.1) is 0 Å². The molecular weight excluding hydrogens is 198 g/mol. The van der Waals surface area contributed by atoms with Crippen molar-refractivity contribution >= 4 is 0 Å². The second-order valence-electron chi connectivity index (χ2n) is 3.60. The molecule has 4 N–H and O–H groups in total. The van der Waals surface area contributed by atoms with Crippen molar-refractivity contribution in [1.29, 1.82) is 0 Å². The van der Waals surface area contributed by atoms with E-state index in [9.17, 15) is 5.11 Å². The molecule has 0 aromatic heterocycles. The summed E-state index contributed by atoms with van der Waals surface area (Å²) >= 11 is 0. The number of hydrogen-bond donors (Lipinski definition) is 2. The SMILES string of the molecule is CCc1ccc(-c2ccc(O)cc2)cc1.N. The third-order valence-corrected chi connectivity index (χ3v) is 2.56. The highest BCUT2D eigenvalue weighted by atomic mass is 16.3. The van der Waals surface area contributed by atoms with E-state index in [1.54, 1.807) is 12.1 Å². The summed E-state index contributed by atoms with van der Waals surface area (Å²) < 4.78 is 0. The van der Waals surface area contributed by atoms with Gasteiger partial charge >= 0.3 is 0 Å². The van der Waals surface area contributed by atoms with Crippen LogP contribution in [0.2, 0.25) is 0 Å². The summed E-state index contributed by atoms with van der Waals surface area (Å²) in [4.78, 5) is 0. The molecule has 0 saturated heterocycles. The number of phenolic OH excluding ortho intramolecular Hbond substituents is 1. The van der Waals surface area contributed by atoms with E-state index < -0.39 is 0 Å². The molecule has 0 radical (unpaired) electrons. The van der Waals surface area contributed by atoms with Crippen LogP contribution in [0.25, 0.3) is 11.1 Å². The molecule has 0 aliphatic carbocycles. The first kappa shape index (κ1) is 12.3. The Morgan fingerprint density at radius 2 is 1.25 bits per heavy atom. The maximum atomic E-state index is 9.19. The van der Waals surface area contributed by atoms with Crippen LogP contribution in [0, 0.1) is 0 Å². The summed E-state index contributed by atoms with van der Waals surface area (Å²) in [5, 5.41) is 9.19. The number of aromatic hydroxyl groups is 1. The molecule has 0 spiro atoms. The molecule has 2 aromatic carbocycles. The zero-order chi connectivity index (χ0) is 10.7. The smallest absolute Gasteiger partial charge is 0.115 e. The summed E-state index contributed by atoms with van der Waals surface area (Å²) in [6, 6.07) is 15.8. The summed E-state index contributed by atoms with van der Waals surface area (Å²) in [5.74, 6) is 0.309. The van der Waals surface area contributed by atoms with Gasteiger partial charge in [-0.25, -0.2) is 0 Å². The molecule has 0 saturated carbocycles. The Bertz CT molecular complexity index is 431. The van der Waals surface area contributed by atoms with Gasteiger partial charge in [-0.2, -0.15) is 0 Å². The molecule has 2 heteroatoms. The van der Waals surface area contributed by atoms with E-state index in [1.807, 2.05) is 12.1 Å².